The van der Waals surface area contributed by atoms with E-state index in [1.165, 1.54) is 0 Å². The van der Waals surface area contributed by atoms with E-state index >= 15 is 0 Å². The van der Waals surface area contributed by atoms with E-state index in [1.807, 2.05) is 18.2 Å². The third-order valence-electron chi connectivity index (χ3n) is 2.65. The molecule has 1 aromatic rings. The molecule has 0 aromatic heterocycles. The number of hydrogen-bond donors (Lipinski definition) is 1. The average molecular weight is 223 g/mol. The maximum absolute atomic E-state index is 5.32. The summed E-state index contributed by atoms with van der Waals surface area (Å²) in [5.41, 5.74) is 1.01. The highest BCUT2D eigenvalue weighted by molar-refractivity contribution is 5.54. The SMILES string of the molecule is COc1cc(NC2CCOC2)cc(OC)c1. The smallest absolute Gasteiger partial charge is 0.124 e. The third kappa shape index (κ3) is 2.58. The summed E-state index contributed by atoms with van der Waals surface area (Å²) in [6.45, 7) is 1.60. The molecule has 2 rings (SSSR count). The molecule has 0 bridgehead atoms. The fourth-order valence-corrected chi connectivity index (χ4v) is 1.77. The van der Waals surface area contributed by atoms with Crippen LogP contribution in [0.25, 0.3) is 0 Å². The first-order valence-corrected chi connectivity index (χ1v) is 5.39. The van der Waals surface area contributed by atoms with Crippen molar-refractivity contribution < 1.29 is 14.2 Å². The predicted molar refractivity (Wildman–Crippen MR) is 62.4 cm³/mol. The lowest BCUT2D eigenvalue weighted by molar-refractivity contribution is 0.195. The van der Waals surface area contributed by atoms with Gasteiger partial charge in [-0.3, -0.25) is 0 Å². The number of benzene rings is 1. The zero-order valence-electron chi connectivity index (χ0n) is 9.66. The second kappa shape index (κ2) is 5.07. The number of rotatable bonds is 4. The molecular formula is C12H17NO3. The fourth-order valence-electron chi connectivity index (χ4n) is 1.77. The Balaban J connectivity index is 2.12. The van der Waals surface area contributed by atoms with Gasteiger partial charge < -0.3 is 19.5 Å². The van der Waals surface area contributed by atoms with Crippen molar-refractivity contribution in [3.05, 3.63) is 18.2 Å². The number of ether oxygens (including phenoxy) is 3. The lowest BCUT2D eigenvalue weighted by Crippen LogP contribution is -2.18. The van der Waals surface area contributed by atoms with Gasteiger partial charge in [0.15, 0.2) is 0 Å². The molecule has 4 nitrogen and oxygen atoms in total. The van der Waals surface area contributed by atoms with Gasteiger partial charge in [0, 0.05) is 30.5 Å². The number of hydrogen-bond acceptors (Lipinski definition) is 4. The molecule has 1 aromatic carbocycles. The van der Waals surface area contributed by atoms with Gasteiger partial charge in [-0.25, -0.2) is 0 Å². The molecule has 0 aliphatic carbocycles. The van der Waals surface area contributed by atoms with Crippen molar-refractivity contribution in [3.8, 4) is 11.5 Å². The van der Waals surface area contributed by atoms with Crippen molar-refractivity contribution in [1.82, 2.24) is 0 Å². The highest BCUT2D eigenvalue weighted by Gasteiger charge is 2.15. The quantitative estimate of drug-likeness (QED) is 0.846. The van der Waals surface area contributed by atoms with E-state index < -0.39 is 0 Å². The van der Waals surface area contributed by atoms with E-state index in [4.69, 9.17) is 14.2 Å². The zero-order chi connectivity index (χ0) is 11.4. The Hall–Kier alpha value is -1.42. The summed E-state index contributed by atoms with van der Waals surface area (Å²) in [4.78, 5) is 0. The molecule has 1 aliphatic rings. The van der Waals surface area contributed by atoms with Crippen LogP contribution < -0.4 is 14.8 Å². The Morgan fingerprint density at radius 3 is 2.38 bits per heavy atom. The van der Waals surface area contributed by atoms with Crippen LogP contribution in [0.2, 0.25) is 0 Å². The lowest BCUT2D eigenvalue weighted by atomic mass is 10.2. The van der Waals surface area contributed by atoms with Gasteiger partial charge in [-0.1, -0.05) is 0 Å². The van der Waals surface area contributed by atoms with Crippen LogP contribution in [0.4, 0.5) is 5.69 Å². The summed E-state index contributed by atoms with van der Waals surface area (Å²) in [6.07, 6.45) is 1.04. The molecule has 0 spiro atoms. The van der Waals surface area contributed by atoms with E-state index in [1.54, 1.807) is 14.2 Å². The van der Waals surface area contributed by atoms with Crippen molar-refractivity contribution in [1.29, 1.82) is 0 Å². The fraction of sp³-hybridized carbons (Fsp3) is 0.500. The topological polar surface area (TPSA) is 39.7 Å². The molecule has 0 radical (unpaired) electrons. The van der Waals surface area contributed by atoms with E-state index in [2.05, 4.69) is 5.32 Å². The van der Waals surface area contributed by atoms with E-state index in [0.717, 1.165) is 36.8 Å². The van der Waals surface area contributed by atoms with Gasteiger partial charge >= 0.3 is 0 Å². The first-order chi connectivity index (χ1) is 7.81. The second-order valence-electron chi connectivity index (χ2n) is 3.81. The summed E-state index contributed by atoms with van der Waals surface area (Å²) < 4.78 is 15.7. The number of methoxy groups -OCH3 is 2. The molecule has 1 aliphatic heterocycles. The third-order valence-corrected chi connectivity index (χ3v) is 2.65. The molecular weight excluding hydrogens is 206 g/mol. The Morgan fingerprint density at radius 1 is 1.19 bits per heavy atom. The van der Waals surface area contributed by atoms with Crippen LogP contribution in [-0.2, 0) is 4.74 Å². The van der Waals surface area contributed by atoms with Crippen LogP contribution in [0, 0.1) is 0 Å². The van der Waals surface area contributed by atoms with Crippen molar-refractivity contribution in [2.45, 2.75) is 12.5 Å². The molecule has 88 valence electrons. The Bertz CT molecular complexity index is 326. The van der Waals surface area contributed by atoms with Gasteiger partial charge in [-0.05, 0) is 6.42 Å². The molecule has 0 saturated carbocycles. The minimum absolute atomic E-state index is 0.386. The molecule has 1 fully saturated rings. The maximum atomic E-state index is 5.32. The monoisotopic (exact) mass is 223 g/mol. The van der Waals surface area contributed by atoms with Crippen LogP contribution in [0.1, 0.15) is 6.42 Å². The van der Waals surface area contributed by atoms with E-state index in [9.17, 15) is 0 Å². The largest absolute Gasteiger partial charge is 0.497 e. The average Bonchev–Trinajstić information content (AvgIpc) is 2.81. The predicted octanol–water partition coefficient (Wildman–Crippen LogP) is 1.90. The van der Waals surface area contributed by atoms with Crippen LogP contribution >= 0.6 is 0 Å². The molecule has 1 saturated heterocycles. The summed E-state index contributed by atoms with van der Waals surface area (Å²) in [6, 6.07) is 6.16. The number of nitrogens with one attached hydrogen (secondary N) is 1. The molecule has 1 atom stereocenters. The molecule has 1 heterocycles. The van der Waals surface area contributed by atoms with Crippen LogP contribution in [-0.4, -0.2) is 33.5 Å². The van der Waals surface area contributed by atoms with Gasteiger partial charge in [0.2, 0.25) is 0 Å². The first kappa shape index (κ1) is 11.1. The van der Waals surface area contributed by atoms with E-state index in [-0.39, 0.29) is 0 Å². The summed E-state index contributed by atoms with van der Waals surface area (Å²) in [5, 5.41) is 3.41. The van der Waals surface area contributed by atoms with Crippen molar-refractivity contribution in [2.75, 3.05) is 32.8 Å². The Morgan fingerprint density at radius 2 is 1.88 bits per heavy atom. The van der Waals surface area contributed by atoms with Crippen LogP contribution in [0.5, 0.6) is 11.5 Å². The second-order valence-corrected chi connectivity index (χ2v) is 3.81. The summed E-state index contributed by atoms with van der Waals surface area (Å²) in [7, 11) is 3.30. The van der Waals surface area contributed by atoms with Crippen molar-refractivity contribution >= 4 is 5.69 Å². The zero-order valence-corrected chi connectivity index (χ0v) is 9.66. The highest BCUT2D eigenvalue weighted by atomic mass is 16.5. The van der Waals surface area contributed by atoms with E-state index in [0.29, 0.717) is 6.04 Å². The van der Waals surface area contributed by atoms with Crippen molar-refractivity contribution in [3.63, 3.8) is 0 Å². The van der Waals surface area contributed by atoms with Gasteiger partial charge in [0.1, 0.15) is 11.5 Å². The Kier molecular flexibility index (Phi) is 3.51. The Labute approximate surface area is 95.5 Å². The number of anilines is 1. The first-order valence-electron chi connectivity index (χ1n) is 5.39. The minimum atomic E-state index is 0.386. The van der Waals surface area contributed by atoms with Gasteiger partial charge in [-0.2, -0.15) is 0 Å². The van der Waals surface area contributed by atoms with Gasteiger partial charge in [0.25, 0.3) is 0 Å². The minimum Gasteiger partial charge on any atom is -0.497 e. The normalized spacial score (nSPS) is 19.5. The van der Waals surface area contributed by atoms with Gasteiger partial charge in [0.05, 0.1) is 26.9 Å². The molecule has 4 heteroatoms. The molecule has 16 heavy (non-hydrogen) atoms. The van der Waals surface area contributed by atoms with Gasteiger partial charge in [-0.15, -0.1) is 0 Å². The lowest BCUT2D eigenvalue weighted by Gasteiger charge is -2.14. The van der Waals surface area contributed by atoms with Crippen LogP contribution in [0.15, 0.2) is 18.2 Å². The molecule has 0 amide bonds. The summed E-state index contributed by atoms with van der Waals surface area (Å²) in [5.74, 6) is 1.58. The standard InChI is InChI=1S/C12H17NO3/c1-14-11-5-10(6-12(7-11)15-2)13-9-3-4-16-8-9/h5-7,9,13H,3-4,8H2,1-2H3. The van der Waals surface area contributed by atoms with Crippen LogP contribution in [0.3, 0.4) is 0 Å². The van der Waals surface area contributed by atoms with Crippen molar-refractivity contribution in [2.24, 2.45) is 0 Å². The highest BCUT2D eigenvalue weighted by Crippen LogP contribution is 2.26. The molecule has 1 unspecified atom stereocenters. The maximum Gasteiger partial charge on any atom is 0.124 e. The summed E-state index contributed by atoms with van der Waals surface area (Å²) >= 11 is 0. The molecule has 1 N–H and O–H groups in total.